The van der Waals surface area contributed by atoms with Crippen LogP contribution in [0.15, 0.2) is 18.3 Å². The zero-order valence-electron chi connectivity index (χ0n) is 9.45. The minimum Gasteiger partial charge on any atom is -0.364 e. The Balaban J connectivity index is 2.07. The highest BCUT2D eigenvalue weighted by Gasteiger charge is 2.26. The number of piperidine rings is 1. The quantitative estimate of drug-likeness (QED) is 0.795. The zero-order valence-corrected chi connectivity index (χ0v) is 9.45. The highest BCUT2D eigenvalue weighted by molar-refractivity contribution is 5.09. The molecule has 84 valence electrons. The van der Waals surface area contributed by atoms with Gasteiger partial charge in [-0.3, -0.25) is 4.90 Å². The molecular formula is C12H21N3. The molecule has 0 radical (unpaired) electrons. The molecular weight excluding hydrogens is 186 g/mol. The summed E-state index contributed by atoms with van der Waals surface area (Å²) in [6.45, 7) is 4.23. The van der Waals surface area contributed by atoms with E-state index in [0.29, 0.717) is 12.1 Å². The van der Waals surface area contributed by atoms with Gasteiger partial charge in [0.15, 0.2) is 0 Å². The average Bonchev–Trinajstić information content (AvgIpc) is 2.81. The summed E-state index contributed by atoms with van der Waals surface area (Å²) in [5.74, 6) is 0. The number of rotatable bonds is 3. The topological polar surface area (TPSA) is 45.0 Å². The van der Waals surface area contributed by atoms with Crippen LogP contribution in [0.1, 0.15) is 37.9 Å². The number of nitrogens with zero attached hydrogens (tertiary/aromatic N) is 1. The van der Waals surface area contributed by atoms with Gasteiger partial charge in [-0.05, 0) is 38.4 Å². The van der Waals surface area contributed by atoms with Gasteiger partial charge in [-0.25, -0.2) is 0 Å². The van der Waals surface area contributed by atoms with Crippen molar-refractivity contribution in [1.29, 1.82) is 0 Å². The molecule has 0 amide bonds. The zero-order chi connectivity index (χ0) is 10.7. The molecule has 2 rings (SSSR count). The predicted octanol–water partition coefficient (Wildman–Crippen LogP) is 1.89. The molecule has 1 aromatic heterocycles. The van der Waals surface area contributed by atoms with Gasteiger partial charge in [-0.1, -0.05) is 6.42 Å². The van der Waals surface area contributed by atoms with Crippen LogP contribution in [0.3, 0.4) is 0 Å². The van der Waals surface area contributed by atoms with E-state index in [2.05, 4.69) is 28.9 Å². The van der Waals surface area contributed by atoms with E-state index in [4.69, 9.17) is 5.73 Å². The van der Waals surface area contributed by atoms with E-state index in [1.54, 1.807) is 0 Å². The summed E-state index contributed by atoms with van der Waals surface area (Å²) in [5, 5.41) is 0. The number of aromatic nitrogens is 1. The van der Waals surface area contributed by atoms with Crippen LogP contribution in [-0.2, 0) is 0 Å². The van der Waals surface area contributed by atoms with Crippen molar-refractivity contribution >= 4 is 0 Å². The number of nitrogens with two attached hydrogens (primary N) is 1. The molecule has 2 atom stereocenters. The van der Waals surface area contributed by atoms with Gasteiger partial charge in [0.25, 0.3) is 0 Å². The van der Waals surface area contributed by atoms with Crippen LogP contribution in [-0.4, -0.2) is 29.0 Å². The lowest BCUT2D eigenvalue weighted by molar-refractivity contribution is 0.106. The van der Waals surface area contributed by atoms with Crippen LogP contribution in [0, 0.1) is 0 Å². The Labute approximate surface area is 91.7 Å². The van der Waals surface area contributed by atoms with Crippen molar-refractivity contribution in [3.05, 3.63) is 24.0 Å². The first-order valence-corrected chi connectivity index (χ1v) is 5.92. The molecule has 3 heteroatoms. The monoisotopic (exact) mass is 207 g/mol. The van der Waals surface area contributed by atoms with Gasteiger partial charge in [-0.2, -0.15) is 0 Å². The maximum Gasteiger partial charge on any atom is 0.0473 e. The Bertz CT molecular complexity index is 281. The van der Waals surface area contributed by atoms with Crippen molar-refractivity contribution in [3.63, 3.8) is 0 Å². The van der Waals surface area contributed by atoms with Gasteiger partial charge in [0.2, 0.25) is 0 Å². The molecule has 0 bridgehead atoms. The normalized spacial score (nSPS) is 25.3. The lowest BCUT2D eigenvalue weighted by Gasteiger charge is -2.39. The van der Waals surface area contributed by atoms with Gasteiger partial charge < -0.3 is 10.7 Å². The molecule has 1 aromatic rings. The first kappa shape index (κ1) is 10.7. The van der Waals surface area contributed by atoms with Gasteiger partial charge >= 0.3 is 0 Å². The SMILES string of the molecule is C[C@@H](c1ccc[nH]1)N1CCCC[C@@H]1CN. The fourth-order valence-corrected chi connectivity index (χ4v) is 2.57. The molecule has 15 heavy (non-hydrogen) atoms. The molecule has 0 unspecified atom stereocenters. The second-order valence-electron chi connectivity index (χ2n) is 4.42. The van der Waals surface area contributed by atoms with Crippen molar-refractivity contribution in [3.8, 4) is 0 Å². The summed E-state index contributed by atoms with van der Waals surface area (Å²) >= 11 is 0. The van der Waals surface area contributed by atoms with Crippen LogP contribution in [0.4, 0.5) is 0 Å². The molecule has 2 heterocycles. The largest absolute Gasteiger partial charge is 0.364 e. The van der Waals surface area contributed by atoms with E-state index in [1.807, 2.05) is 6.20 Å². The van der Waals surface area contributed by atoms with Gasteiger partial charge in [-0.15, -0.1) is 0 Å². The van der Waals surface area contributed by atoms with Crippen molar-refractivity contribution in [2.24, 2.45) is 5.73 Å². The Kier molecular flexibility index (Phi) is 3.44. The van der Waals surface area contributed by atoms with Gasteiger partial charge in [0.1, 0.15) is 0 Å². The summed E-state index contributed by atoms with van der Waals surface area (Å²) in [7, 11) is 0. The summed E-state index contributed by atoms with van der Waals surface area (Å²) in [6, 6.07) is 5.26. The first-order valence-electron chi connectivity index (χ1n) is 5.92. The second-order valence-corrected chi connectivity index (χ2v) is 4.42. The molecule has 0 saturated carbocycles. The summed E-state index contributed by atoms with van der Waals surface area (Å²) in [5.41, 5.74) is 7.13. The third kappa shape index (κ3) is 2.24. The molecule has 3 nitrogen and oxygen atoms in total. The highest BCUT2D eigenvalue weighted by Crippen LogP contribution is 2.26. The summed E-state index contributed by atoms with van der Waals surface area (Å²) < 4.78 is 0. The fourth-order valence-electron chi connectivity index (χ4n) is 2.57. The first-order chi connectivity index (χ1) is 7.33. The summed E-state index contributed by atoms with van der Waals surface area (Å²) in [6.07, 6.45) is 5.88. The van der Waals surface area contributed by atoms with Crippen LogP contribution < -0.4 is 5.73 Å². The molecule has 0 spiro atoms. The van der Waals surface area contributed by atoms with E-state index in [9.17, 15) is 0 Å². The third-order valence-corrected chi connectivity index (χ3v) is 3.51. The fraction of sp³-hybridized carbons (Fsp3) is 0.667. The van der Waals surface area contributed by atoms with E-state index in [0.717, 1.165) is 6.54 Å². The van der Waals surface area contributed by atoms with E-state index < -0.39 is 0 Å². The minimum absolute atomic E-state index is 0.467. The number of likely N-dealkylation sites (tertiary alicyclic amines) is 1. The van der Waals surface area contributed by atoms with Crippen LogP contribution in [0.25, 0.3) is 0 Å². The molecule has 3 N–H and O–H groups in total. The molecule has 1 fully saturated rings. The molecule has 1 aliphatic heterocycles. The van der Waals surface area contributed by atoms with Gasteiger partial charge in [0, 0.05) is 30.5 Å². The van der Waals surface area contributed by atoms with Crippen molar-refractivity contribution in [1.82, 2.24) is 9.88 Å². The highest BCUT2D eigenvalue weighted by atomic mass is 15.2. The number of hydrogen-bond acceptors (Lipinski definition) is 2. The van der Waals surface area contributed by atoms with E-state index in [-0.39, 0.29) is 0 Å². The molecule has 1 aliphatic rings. The minimum atomic E-state index is 0.467. The Morgan fingerprint density at radius 2 is 2.47 bits per heavy atom. The Morgan fingerprint density at radius 1 is 1.60 bits per heavy atom. The van der Waals surface area contributed by atoms with Crippen LogP contribution in [0.2, 0.25) is 0 Å². The van der Waals surface area contributed by atoms with Gasteiger partial charge in [0.05, 0.1) is 0 Å². The Hall–Kier alpha value is -0.800. The molecule has 0 aliphatic carbocycles. The smallest absolute Gasteiger partial charge is 0.0473 e. The van der Waals surface area contributed by atoms with Crippen LogP contribution in [0.5, 0.6) is 0 Å². The summed E-state index contributed by atoms with van der Waals surface area (Å²) in [4.78, 5) is 5.83. The molecule has 0 aromatic carbocycles. The number of aromatic amines is 1. The maximum absolute atomic E-state index is 5.83. The number of nitrogens with one attached hydrogen (secondary N) is 1. The van der Waals surface area contributed by atoms with Crippen molar-refractivity contribution in [2.75, 3.05) is 13.1 Å². The van der Waals surface area contributed by atoms with Crippen molar-refractivity contribution in [2.45, 2.75) is 38.3 Å². The lowest BCUT2D eigenvalue weighted by Crippen LogP contribution is -2.45. The Morgan fingerprint density at radius 3 is 3.13 bits per heavy atom. The average molecular weight is 207 g/mol. The second kappa shape index (κ2) is 4.81. The maximum atomic E-state index is 5.83. The lowest BCUT2D eigenvalue weighted by atomic mass is 9.99. The van der Waals surface area contributed by atoms with Crippen LogP contribution >= 0.6 is 0 Å². The van der Waals surface area contributed by atoms with E-state index >= 15 is 0 Å². The number of H-pyrrole nitrogens is 1. The number of hydrogen-bond donors (Lipinski definition) is 2. The third-order valence-electron chi connectivity index (χ3n) is 3.51. The van der Waals surface area contributed by atoms with Crippen molar-refractivity contribution < 1.29 is 0 Å². The standard InChI is InChI=1S/C12H21N3/c1-10(12-6-4-7-14-12)15-8-3-2-5-11(15)9-13/h4,6-7,10-11,14H,2-3,5,8-9,13H2,1H3/t10-,11+/m0/s1. The van der Waals surface area contributed by atoms with E-state index in [1.165, 1.54) is 31.5 Å². The molecule has 1 saturated heterocycles. The predicted molar refractivity (Wildman–Crippen MR) is 62.6 cm³/mol.